The molecule has 0 N–H and O–H groups in total. The van der Waals surface area contributed by atoms with Crippen molar-refractivity contribution >= 4 is 33.1 Å². The zero-order valence-corrected chi connectivity index (χ0v) is 20.6. The number of aromatic carboxylic acids is 2. The molecule has 0 saturated heterocycles. The van der Waals surface area contributed by atoms with Gasteiger partial charge in [0.25, 0.3) is 0 Å². The van der Waals surface area contributed by atoms with Gasteiger partial charge in [0.2, 0.25) is 0 Å². The van der Waals surface area contributed by atoms with E-state index in [1.165, 1.54) is 25.7 Å². The van der Waals surface area contributed by atoms with Crippen LogP contribution in [0, 0.1) is 19.8 Å². The average molecular weight is 481 g/mol. The summed E-state index contributed by atoms with van der Waals surface area (Å²) in [5, 5.41) is 22.3. The van der Waals surface area contributed by atoms with Crippen LogP contribution in [0.3, 0.4) is 0 Å². The number of rotatable bonds is 10. The molecule has 0 fully saturated rings. The third kappa shape index (κ3) is 9.63. The molecule has 0 aliphatic heterocycles. The van der Waals surface area contributed by atoms with Gasteiger partial charge in [0.1, 0.15) is 0 Å². The Labute approximate surface area is 175 Å². The fourth-order valence-corrected chi connectivity index (χ4v) is 6.96. The van der Waals surface area contributed by atoms with E-state index in [0.717, 1.165) is 5.56 Å². The van der Waals surface area contributed by atoms with Gasteiger partial charge in [-0.15, -0.1) is 0 Å². The van der Waals surface area contributed by atoms with Crippen LogP contribution in [-0.2, 0) is 6.42 Å². The van der Waals surface area contributed by atoms with Crippen LogP contribution in [0.2, 0.25) is 8.87 Å². The molecule has 1 rings (SSSR count). The molecular weight excluding hydrogens is 447 g/mol. The number of carbonyl (C=O) groups excluding carboxylic acids is 2. The predicted octanol–water partition coefficient (Wildman–Crippen LogP) is 3.36. The molecule has 27 heavy (non-hydrogen) atoms. The zero-order valence-electron chi connectivity index (χ0n) is 17.7. The van der Waals surface area contributed by atoms with Crippen molar-refractivity contribution in [2.45, 2.75) is 82.5 Å². The van der Waals surface area contributed by atoms with Crippen LogP contribution in [0.1, 0.15) is 90.8 Å². The van der Waals surface area contributed by atoms with Gasteiger partial charge < -0.3 is 19.8 Å². The first-order valence-electron chi connectivity index (χ1n) is 9.93. The summed E-state index contributed by atoms with van der Waals surface area (Å²) in [7, 11) is 0. The number of hydrogen-bond acceptors (Lipinski definition) is 4. The smallest absolute Gasteiger partial charge is 0.0724 e. The van der Waals surface area contributed by atoms with Crippen LogP contribution < -0.4 is 10.2 Å². The number of carboxylic acid groups (broad SMARTS) is 2. The standard InChI is InChI=1S/C14H18O4.2C4H9.Sn/c1-7(2)5-10-6-8(3)9(4)11(13(15)16)12(10)14(17)18;2*1-3-4-2;/h6-7H,5H2,1-4H3,(H,15,16)(H,17,18);2*1,3-4H2,2H3;/q;;;+2/p-2. The first-order valence-corrected chi connectivity index (χ1v) is 14.0. The molecule has 0 amide bonds. The summed E-state index contributed by atoms with van der Waals surface area (Å²) >= 11 is 0.149. The summed E-state index contributed by atoms with van der Waals surface area (Å²) < 4.78 is 3.25. The fourth-order valence-electron chi connectivity index (χ4n) is 2.80. The first kappa shape index (κ1) is 26.0. The minimum atomic E-state index is -1.47. The fraction of sp³-hybridized carbons (Fsp3) is 0.636. The Morgan fingerprint density at radius 3 is 1.81 bits per heavy atom. The minimum absolute atomic E-state index is 0.149. The van der Waals surface area contributed by atoms with E-state index in [2.05, 4.69) is 13.8 Å². The molecule has 4 nitrogen and oxygen atoms in total. The second kappa shape index (κ2) is 14.0. The van der Waals surface area contributed by atoms with Gasteiger partial charge in [-0.1, -0.05) is 19.9 Å². The molecule has 0 aromatic heterocycles. The quantitative estimate of drug-likeness (QED) is 0.379. The minimum Gasteiger partial charge on any atom is -0.545 e. The Bertz CT molecular complexity index is 603. The van der Waals surface area contributed by atoms with Gasteiger partial charge in [0.05, 0.1) is 11.9 Å². The summed E-state index contributed by atoms with van der Waals surface area (Å²) in [5.74, 6) is -2.71. The van der Waals surface area contributed by atoms with Crippen molar-refractivity contribution in [3.8, 4) is 0 Å². The average Bonchev–Trinajstić information content (AvgIpc) is 2.57. The Balaban J connectivity index is 0.000000636. The van der Waals surface area contributed by atoms with Crippen molar-refractivity contribution in [3.63, 3.8) is 0 Å². The monoisotopic (exact) mass is 482 g/mol. The number of aryl methyl sites for hydroxylation is 1. The largest absolute Gasteiger partial charge is 0.545 e. The van der Waals surface area contributed by atoms with E-state index in [0.29, 0.717) is 17.5 Å². The molecule has 0 spiro atoms. The number of benzene rings is 1. The molecule has 150 valence electrons. The SMILES string of the molecule is CCC[CH2][Sn+2][CH2]CCC.Cc1cc(CC(C)C)c(C(=O)[O-])c(C(=O)[O-])c1C. The van der Waals surface area contributed by atoms with Crippen LogP contribution >= 0.6 is 0 Å². The summed E-state index contributed by atoms with van der Waals surface area (Å²) in [6, 6.07) is 1.72. The maximum Gasteiger partial charge on any atom is 0.0724 e. The van der Waals surface area contributed by atoms with Crippen molar-refractivity contribution in [2.24, 2.45) is 5.92 Å². The normalized spacial score (nSPS) is 10.2. The molecule has 0 radical (unpaired) electrons. The van der Waals surface area contributed by atoms with Gasteiger partial charge in [0.15, 0.2) is 0 Å². The molecule has 1 aromatic carbocycles. The van der Waals surface area contributed by atoms with E-state index in [1.807, 2.05) is 13.8 Å². The van der Waals surface area contributed by atoms with Crippen molar-refractivity contribution in [2.75, 3.05) is 0 Å². The third-order valence-electron chi connectivity index (χ3n) is 4.38. The number of carboxylic acids is 2. The van der Waals surface area contributed by atoms with E-state index in [4.69, 9.17) is 0 Å². The molecular formula is C22H34O4Sn. The van der Waals surface area contributed by atoms with Crippen molar-refractivity contribution in [1.82, 2.24) is 0 Å². The van der Waals surface area contributed by atoms with E-state index in [-0.39, 0.29) is 38.2 Å². The van der Waals surface area contributed by atoms with Crippen LogP contribution in [0.4, 0.5) is 0 Å². The molecule has 0 aliphatic rings. The van der Waals surface area contributed by atoms with Crippen LogP contribution in [0.15, 0.2) is 6.07 Å². The number of carbonyl (C=O) groups is 2. The Morgan fingerprint density at radius 1 is 0.963 bits per heavy atom. The first-order chi connectivity index (χ1) is 12.7. The second-order valence-corrected chi connectivity index (χ2v) is 11.6. The third-order valence-corrected chi connectivity index (χ3v) is 8.42. The van der Waals surface area contributed by atoms with Gasteiger partial charge in [-0.2, -0.15) is 0 Å². The maximum absolute atomic E-state index is 11.2. The van der Waals surface area contributed by atoms with Gasteiger partial charge in [-0.25, -0.2) is 0 Å². The topological polar surface area (TPSA) is 80.3 Å². The molecule has 0 atom stereocenters. The van der Waals surface area contributed by atoms with Crippen molar-refractivity contribution in [1.29, 1.82) is 0 Å². The van der Waals surface area contributed by atoms with E-state index >= 15 is 0 Å². The van der Waals surface area contributed by atoms with E-state index < -0.39 is 11.9 Å². The summed E-state index contributed by atoms with van der Waals surface area (Å²) in [4.78, 5) is 22.3. The molecule has 0 aliphatic carbocycles. The van der Waals surface area contributed by atoms with Crippen LogP contribution in [0.25, 0.3) is 0 Å². The molecule has 0 bridgehead atoms. The summed E-state index contributed by atoms with van der Waals surface area (Å²) in [6.45, 7) is 11.8. The predicted molar refractivity (Wildman–Crippen MR) is 108 cm³/mol. The molecule has 0 saturated carbocycles. The van der Waals surface area contributed by atoms with E-state index in [1.54, 1.807) is 28.8 Å². The van der Waals surface area contributed by atoms with Gasteiger partial charge in [-0.05, 0) is 42.9 Å². The molecule has 0 unspecified atom stereocenters. The van der Waals surface area contributed by atoms with E-state index in [9.17, 15) is 19.8 Å². The Kier molecular flexibility index (Phi) is 13.5. The van der Waals surface area contributed by atoms with Crippen LogP contribution in [-0.4, -0.2) is 33.1 Å². The number of hydrogen-bond donors (Lipinski definition) is 0. The zero-order chi connectivity index (χ0) is 21.0. The Hall–Kier alpha value is -1.04. The van der Waals surface area contributed by atoms with Crippen molar-refractivity contribution < 1.29 is 19.8 Å². The van der Waals surface area contributed by atoms with Gasteiger partial charge in [0, 0.05) is 11.1 Å². The summed E-state index contributed by atoms with van der Waals surface area (Å²) in [6.07, 6.45) is 6.33. The maximum atomic E-state index is 11.2. The van der Waals surface area contributed by atoms with Crippen LogP contribution in [0.5, 0.6) is 0 Å². The van der Waals surface area contributed by atoms with Crippen molar-refractivity contribution in [3.05, 3.63) is 33.9 Å². The molecule has 0 heterocycles. The Morgan fingerprint density at radius 2 is 1.44 bits per heavy atom. The second-order valence-electron chi connectivity index (χ2n) is 7.36. The van der Waals surface area contributed by atoms with Gasteiger partial charge in [-0.3, -0.25) is 0 Å². The molecule has 5 heteroatoms. The molecule has 1 aromatic rings. The number of unbranched alkanes of at least 4 members (excludes halogenated alkanes) is 2. The van der Waals surface area contributed by atoms with Gasteiger partial charge >= 0.3 is 69.5 Å². The summed E-state index contributed by atoms with van der Waals surface area (Å²) in [5.41, 5.74) is 1.15.